The number of aliphatic hydroxyl groups excluding tert-OH is 2. The number of carbonyl (C=O) groups excluding carboxylic acids is 1. The van der Waals surface area contributed by atoms with Crippen molar-refractivity contribution in [2.24, 2.45) is 0 Å². The summed E-state index contributed by atoms with van der Waals surface area (Å²) in [7, 11) is -4.21. The first-order chi connectivity index (χ1) is 18.0. The molecule has 2 aromatic heterocycles. The van der Waals surface area contributed by atoms with E-state index >= 15 is 0 Å². The van der Waals surface area contributed by atoms with Crippen LogP contribution in [0.3, 0.4) is 0 Å². The Kier molecular flexibility index (Phi) is 8.47. The number of benzene rings is 1. The van der Waals surface area contributed by atoms with Crippen LogP contribution < -0.4 is 15.3 Å². The summed E-state index contributed by atoms with van der Waals surface area (Å²) >= 11 is 5.17. The van der Waals surface area contributed by atoms with Crippen LogP contribution in [0.1, 0.15) is 27.0 Å². The molecular formula is C22H29N6O8PS. The number of ether oxygens (including phenoxy) is 2. The zero-order valence-corrected chi connectivity index (χ0v) is 22.5. The lowest BCUT2D eigenvalue weighted by molar-refractivity contribution is -0.149. The number of esters is 1. The number of nitrogens with two attached hydrogens (primary N) is 1. The number of aromatic amines is 1. The van der Waals surface area contributed by atoms with Crippen LogP contribution in [-0.4, -0.2) is 72.8 Å². The highest BCUT2D eigenvalue weighted by atomic mass is 32.1. The maximum absolute atomic E-state index is 13.7. The smallest absolute Gasteiger partial charge is 0.459 e. The normalized spacial score (nSPS) is 23.8. The number of nitrogens with zero attached hydrogens (tertiary/aromatic N) is 3. The van der Waals surface area contributed by atoms with Gasteiger partial charge in [0.05, 0.1) is 19.0 Å². The summed E-state index contributed by atoms with van der Waals surface area (Å²) < 4.78 is 37.4. The summed E-state index contributed by atoms with van der Waals surface area (Å²) in [5.41, 5.74) is 6.41. The van der Waals surface area contributed by atoms with Crippen molar-refractivity contribution < 1.29 is 38.1 Å². The largest absolute Gasteiger partial charge is 0.462 e. The second kappa shape index (κ2) is 11.5. The fraction of sp³-hybridized carbons (Fsp3) is 0.455. The van der Waals surface area contributed by atoms with E-state index in [0.717, 1.165) is 0 Å². The Morgan fingerprint density at radius 3 is 2.68 bits per heavy atom. The van der Waals surface area contributed by atoms with Gasteiger partial charge in [0.15, 0.2) is 16.8 Å². The second-order valence-corrected chi connectivity index (χ2v) is 10.9. The summed E-state index contributed by atoms with van der Waals surface area (Å²) in [6.07, 6.45) is -4.13. The van der Waals surface area contributed by atoms with Gasteiger partial charge in [0, 0.05) is 0 Å². The number of hydrogen-bond acceptors (Lipinski definition) is 12. The highest BCUT2D eigenvalue weighted by Gasteiger charge is 2.46. The summed E-state index contributed by atoms with van der Waals surface area (Å²) in [6, 6.07) is 7.15. The maximum atomic E-state index is 13.7. The molecule has 0 radical (unpaired) electrons. The van der Waals surface area contributed by atoms with Gasteiger partial charge < -0.3 is 34.9 Å². The van der Waals surface area contributed by atoms with Gasteiger partial charge >= 0.3 is 13.7 Å². The first-order valence-electron chi connectivity index (χ1n) is 11.7. The summed E-state index contributed by atoms with van der Waals surface area (Å²) in [5.74, 6) is -0.413. The number of nitrogens with one attached hydrogen (secondary N) is 2. The number of fused-ring (bicyclic) bond motifs is 1. The Balaban J connectivity index is 1.52. The molecule has 0 spiro atoms. The van der Waals surface area contributed by atoms with Crippen molar-refractivity contribution in [2.75, 3.05) is 12.3 Å². The molecule has 38 heavy (non-hydrogen) atoms. The Labute approximate surface area is 222 Å². The Morgan fingerprint density at radius 1 is 1.29 bits per heavy atom. The number of nitrogen functional groups attached to an aromatic ring is 1. The summed E-state index contributed by atoms with van der Waals surface area (Å²) in [6.45, 7) is 4.35. The lowest BCUT2D eigenvalue weighted by Gasteiger charge is -2.25. The van der Waals surface area contributed by atoms with Crippen molar-refractivity contribution >= 4 is 43.0 Å². The van der Waals surface area contributed by atoms with Crippen LogP contribution in [-0.2, 0) is 23.4 Å². The van der Waals surface area contributed by atoms with Gasteiger partial charge in [0.1, 0.15) is 41.3 Å². The predicted octanol–water partition coefficient (Wildman–Crippen LogP) is 1.82. The van der Waals surface area contributed by atoms with E-state index in [0.29, 0.717) is 11.2 Å². The molecule has 3 aromatic rings. The topological polar surface area (TPSA) is 196 Å². The van der Waals surface area contributed by atoms with Crippen molar-refractivity contribution in [1.82, 2.24) is 24.6 Å². The number of carbonyl (C=O) groups is 1. The molecule has 4 rings (SSSR count). The zero-order chi connectivity index (χ0) is 27.6. The number of anilines is 1. The molecule has 16 heteroatoms. The lowest BCUT2D eigenvalue weighted by atomic mass is 10.1. The van der Waals surface area contributed by atoms with Gasteiger partial charge in [-0.2, -0.15) is 5.09 Å². The molecule has 3 heterocycles. The summed E-state index contributed by atoms with van der Waals surface area (Å²) in [4.78, 5) is 23.2. The maximum Gasteiger partial charge on any atom is 0.459 e. The first-order valence-corrected chi connectivity index (χ1v) is 13.6. The van der Waals surface area contributed by atoms with Gasteiger partial charge in [-0.1, -0.05) is 30.4 Å². The third-order valence-electron chi connectivity index (χ3n) is 5.51. The number of aliphatic hydroxyl groups is 2. The molecule has 14 nitrogen and oxygen atoms in total. The van der Waals surface area contributed by atoms with Crippen LogP contribution >= 0.6 is 20.0 Å². The van der Waals surface area contributed by atoms with E-state index in [1.165, 1.54) is 17.8 Å². The molecule has 1 saturated heterocycles. The van der Waals surface area contributed by atoms with E-state index in [1.807, 2.05) is 0 Å². The Morgan fingerprint density at radius 2 is 2.00 bits per heavy atom. The average Bonchev–Trinajstić information content (AvgIpc) is 3.39. The SMILES string of the molecule is CC(C)OC(=O)[C@H](C)NP(=O)(OC[C@H]1O[C@@H](n2cnc3c(=S)nc(N)[nH]c32)[C@@H](O)C1O)Oc1ccccc1. The van der Waals surface area contributed by atoms with Crippen LogP contribution in [0.25, 0.3) is 11.2 Å². The van der Waals surface area contributed by atoms with Gasteiger partial charge in [-0.05, 0) is 32.9 Å². The van der Waals surface area contributed by atoms with Gasteiger partial charge in [-0.15, -0.1) is 0 Å². The molecule has 6 N–H and O–H groups in total. The zero-order valence-electron chi connectivity index (χ0n) is 20.8. The van der Waals surface area contributed by atoms with Gasteiger partial charge in [-0.25, -0.2) is 14.5 Å². The highest BCUT2D eigenvalue weighted by Crippen LogP contribution is 2.46. The van der Waals surface area contributed by atoms with Crippen molar-refractivity contribution in [3.63, 3.8) is 0 Å². The van der Waals surface area contributed by atoms with Gasteiger partial charge in [-0.3, -0.25) is 13.9 Å². The lowest BCUT2D eigenvalue weighted by Crippen LogP contribution is -2.38. The molecule has 1 aromatic carbocycles. The molecule has 206 valence electrons. The molecule has 0 aliphatic carbocycles. The van der Waals surface area contributed by atoms with Crippen molar-refractivity contribution in [3.8, 4) is 5.75 Å². The number of para-hydroxylation sites is 1. The number of aromatic nitrogens is 4. The van der Waals surface area contributed by atoms with E-state index in [9.17, 15) is 19.6 Å². The monoisotopic (exact) mass is 568 g/mol. The van der Waals surface area contributed by atoms with E-state index in [1.54, 1.807) is 44.2 Å². The summed E-state index contributed by atoms with van der Waals surface area (Å²) in [5, 5.41) is 24.0. The number of hydrogen-bond donors (Lipinski definition) is 5. The van der Waals surface area contributed by atoms with Crippen molar-refractivity contribution in [2.45, 2.75) is 57.5 Å². The van der Waals surface area contributed by atoms with Gasteiger partial charge in [0.2, 0.25) is 0 Å². The van der Waals surface area contributed by atoms with Crippen LogP contribution in [0.4, 0.5) is 5.95 Å². The molecule has 6 atom stereocenters. The minimum Gasteiger partial charge on any atom is -0.462 e. The number of rotatable bonds is 10. The number of imidazole rings is 1. The number of H-pyrrole nitrogens is 1. The molecular weight excluding hydrogens is 539 g/mol. The van der Waals surface area contributed by atoms with Crippen LogP contribution in [0.5, 0.6) is 5.75 Å². The van der Waals surface area contributed by atoms with E-state index in [4.69, 9.17) is 36.5 Å². The van der Waals surface area contributed by atoms with Crippen LogP contribution in [0.15, 0.2) is 36.7 Å². The van der Waals surface area contributed by atoms with E-state index in [2.05, 4.69) is 20.0 Å². The second-order valence-electron chi connectivity index (χ2n) is 8.86. The molecule has 0 amide bonds. The Hall–Kier alpha value is -2.91. The average molecular weight is 569 g/mol. The van der Waals surface area contributed by atoms with E-state index in [-0.39, 0.29) is 22.4 Å². The molecule has 1 aliphatic heterocycles. The molecule has 0 saturated carbocycles. The quantitative estimate of drug-likeness (QED) is 0.135. The predicted molar refractivity (Wildman–Crippen MR) is 138 cm³/mol. The molecule has 1 aliphatic rings. The van der Waals surface area contributed by atoms with Gasteiger partial charge in [0.25, 0.3) is 0 Å². The standard InChI is InChI=1S/C22H29N6O8PS/c1-11(2)34-21(31)12(3)27-37(32,36-13-7-5-4-6-8-13)33-9-14-16(29)17(30)20(35-14)28-10-24-15-18(28)25-22(23)26-19(15)38/h4-8,10-12,14,16-17,20,29-30H,9H2,1-3H3,(H,27,32)(H3,23,25,26,38)/t12-,14+,16?,17-,20+,37?/m0/s1. The van der Waals surface area contributed by atoms with Crippen molar-refractivity contribution in [1.29, 1.82) is 0 Å². The third kappa shape index (κ3) is 6.21. The minimum atomic E-state index is -4.21. The highest BCUT2D eigenvalue weighted by molar-refractivity contribution is 7.71. The fourth-order valence-electron chi connectivity index (χ4n) is 3.75. The van der Waals surface area contributed by atoms with E-state index < -0.39 is 50.9 Å². The Bertz CT molecular complexity index is 1390. The van der Waals surface area contributed by atoms with Crippen molar-refractivity contribution in [3.05, 3.63) is 41.3 Å². The molecule has 1 fully saturated rings. The minimum absolute atomic E-state index is 0.0346. The van der Waals surface area contributed by atoms with Crippen LogP contribution in [0, 0.1) is 4.64 Å². The fourth-order valence-corrected chi connectivity index (χ4v) is 5.50. The molecule has 0 bridgehead atoms. The third-order valence-corrected chi connectivity index (χ3v) is 7.44. The first kappa shape index (κ1) is 28.1. The molecule has 2 unspecified atom stereocenters. The van der Waals surface area contributed by atoms with Crippen LogP contribution in [0.2, 0.25) is 0 Å².